The van der Waals surface area contributed by atoms with Gasteiger partial charge in [-0.3, -0.25) is 0 Å². The first-order chi connectivity index (χ1) is 16.2. The second-order valence-electron chi connectivity index (χ2n) is 8.52. The van der Waals surface area contributed by atoms with Crippen molar-refractivity contribution in [1.82, 2.24) is 5.32 Å². The lowest BCUT2D eigenvalue weighted by atomic mass is 10.0. The van der Waals surface area contributed by atoms with Crippen LogP contribution >= 0.6 is 12.6 Å². The topological polar surface area (TPSA) is 50.4 Å². The highest BCUT2D eigenvalue weighted by Gasteiger charge is 2.21. The molecule has 1 unspecified atom stereocenters. The van der Waals surface area contributed by atoms with E-state index in [2.05, 4.69) is 89.7 Å². The van der Waals surface area contributed by atoms with E-state index in [0.29, 0.717) is 11.9 Å². The maximum Gasteiger partial charge on any atom is 0.132 e. The smallest absolute Gasteiger partial charge is 0.132 e. The van der Waals surface area contributed by atoms with E-state index in [-0.39, 0.29) is 0 Å². The molecule has 4 heteroatoms. The molecule has 0 amide bonds. The van der Waals surface area contributed by atoms with E-state index in [1.807, 2.05) is 30.3 Å². The first kappa shape index (κ1) is 21.5. The summed E-state index contributed by atoms with van der Waals surface area (Å²) in [4.78, 5) is 5.48. The van der Waals surface area contributed by atoms with Crippen LogP contribution < -0.4 is 11.1 Å². The Hall–Kier alpha value is -3.34. The van der Waals surface area contributed by atoms with Crippen LogP contribution in [-0.2, 0) is 19.4 Å². The molecule has 0 aromatic heterocycles. The number of aliphatic imine (C=N–C) groups is 1. The van der Waals surface area contributed by atoms with Crippen LogP contribution in [0.5, 0.6) is 0 Å². The van der Waals surface area contributed by atoms with Gasteiger partial charge in [-0.1, -0.05) is 78.9 Å². The monoisotopic (exact) mass is 449 g/mol. The number of nitrogens with zero attached hydrogens (tertiary/aromatic N) is 1. The maximum absolute atomic E-state index is 6.25. The molecule has 0 spiro atoms. The second-order valence-corrected chi connectivity index (χ2v) is 9.00. The van der Waals surface area contributed by atoms with Crippen molar-refractivity contribution in [2.24, 2.45) is 10.7 Å². The molecule has 164 valence electrons. The Morgan fingerprint density at radius 3 is 2.30 bits per heavy atom. The Kier molecular flexibility index (Phi) is 6.29. The molecule has 3 nitrogen and oxygen atoms in total. The summed E-state index contributed by atoms with van der Waals surface area (Å²) in [5.41, 5.74) is 14.5. The van der Waals surface area contributed by atoms with Crippen molar-refractivity contribution < 1.29 is 0 Å². The number of hydrogen-bond acceptors (Lipinski definition) is 3. The number of thiol groups is 1. The highest BCUT2D eigenvalue weighted by Crippen LogP contribution is 2.28. The van der Waals surface area contributed by atoms with Gasteiger partial charge in [-0.2, -0.15) is 0 Å². The molecule has 0 heterocycles. The van der Waals surface area contributed by atoms with E-state index in [4.69, 9.17) is 5.73 Å². The second kappa shape index (κ2) is 9.65. The number of nitrogens with two attached hydrogens (primary N) is 1. The average molecular weight is 450 g/mol. The van der Waals surface area contributed by atoms with E-state index in [1.165, 1.54) is 27.8 Å². The largest absolute Gasteiger partial charge is 0.383 e. The molecular weight excluding hydrogens is 422 g/mol. The van der Waals surface area contributed by atoms with Crippen molar-refractivity contribution in [2.45, 2.75) is 30.3 Å². The van der Waals surface area contributed by atoms with Crippen LogP contribution in [0.4, 0.5) is 5.69 Å². The third-order valence-electron chi connectivity index (χ3n) is 6.21. The zero-order chi connectivity index (χ0) is 22.6. The minimum atomic E-state index is 0.434. The predicted molar refractivity (Wildman–Crippen MR) is 140 cm³/mol. The molecular formula is C29H27N3S. The fourth-order valence-electron chi connectivity index (χ4n) is 4.42. The molecule has 3 N–H and O–H groups in total. The number of amidine groups is 1. The Balaban J connectivity index is 1.21. The molecule has 1 aliphatic rings. The van der Waals surface area contributed by atoms with Gasteiger partial charge in [0, 0.05) is 23.0 Å². The fourth-order valence-corrected chi connectivity index (χ4v) is 4.69. The van der Waals surface area contributed by atoms with E-state index in [0.717, 1.165) is 35.5 Å². The Morgan fingerprint density at radius 2 is 1.52 bits per heavy atom. The van der Waals surface area contributed by atoms with Crippen LogP contribution in [0.3, 0.4) is 0 Å². The molecule has 0 saturated heterocycles. The first-order valence-electron chi connectivity index (χ1n) is 11.3. The van der Waals surface area contributed by atoms with Gasteiger partial charge in [0.1, 0.15) is 5.84 Å². The number of hydrogen-bond donors (Lipinski definition) is 3. The molecule has 0 saturated carbocycles. The van der Waals surface area contributed by atoms with E-state index in [1.54, 1.807) is 0 Å². The average Bonchev–Trinajstić information content (AvgIpc) is 3.26. The van der Waals surface area contributed by atoms with Crippen LogP contribution in [0.2, 0.25) is 0 Å². The molecule has 4 aromatic rings. The van der Waals surface area contributed by atoms with E-state index < -0.39 is 0 Å². The standard InChI is InChI=1S/C29H27N3S/c30-29(27-8-4-5-9-28(27)33)32-25-15-14-23-16-26(18-24(23)17-25)31-19-20-10-12-22(13-11-20)21-6-2-1-3-7-21/h1-15,17,26,31,33H,16,18-19H2,(H2,30,32). The summed E-state index contributed by atoms with van der Waals surface area (Å²) in [6.07, 6.45) is 2.04. The van der Waals surface area contributed by atoms with Crippen LogP contribution in [0.15, 0.2) is 107 Å². The zero-order valence-electron chi connectivity index (χ0n) is 18.4. The molecule has 4 aromatic carbocycles. The maximum atomic E-state index is 6.25. The summed E-state index contributed by atoms with van der Waals surface area (Å²) in [5.74, 6) is 0.493. The van der Waals surface area contributed by atoms with Gasteiger partial charge in [0.25, 0.3) is 0 Å². The molecule has 1 atom stereocenters. The van der Waals surface area contributed by atoms with Crippen LogP contribution in [-0.4, -0.2) is 11.9 Å². The van der Waals surface area contributed by atoms with Gasteiger partial charge in [0.2, 0.25) is 0 Å². The summed E-state index contributed by atoms with van der Waals surface area (Å²) in [7, 11) is 0. The van der Waals surface area contributed by atoms with Crippen molar-refractivity contribution in [2.75, 3.05) is 0 Å². The number of benzene rings is 4. The lowest BCUT2D eigenvalue weighted by molar-refractivity contribution is 0.533. The highest BCUT2D eigenvalue weighted by atomic mass is 32.1. The van der Waals surface area contributed by atoms with Gasteiger partial charge in [0.15, 0.2) is 0 Å². The summed E-state index contributed by atoms with van der Waals surface area (Å²) in [6.45, 7) is 0.865. The molecule has 33 heavy (non-hydrogen) atoms. The van der Waals surface area contributed by atoms with Gasteiger partial charge < -0.3 is 11.1 Å². The van der Waals surface area contributed by atoms with Gasteiger partial charge >= 0.3 is 0 Å². The predicted octanol–water partition coefficient (Wildman–Crippen LogP) is 5.94. The van der Waals surface area contributed by atoms with Crippen LogP contribution in [0, 0.1) is 0 Å². The molecule has 0 radical (unpaired) electrons. The highest BCUT2D eigenvalue weighted by molar-refractivity contribution is 7.80. The summed E-state index contributed by atoms with van der Waals surface area (Å²) < 4.78 is 0. The third-order valence-corrected chi connectivity index (χ3v) is 6.60. The van der Waals surface area contributed by atoms with Crippen molar-refractivity contribution in [3.63, 3.8) is 0 Å². The van der Waals surface area contributed by atoms with Crippen molar-refractivity contribution in [3.8, 4) is 11.1 Å². The molecule has 0 aliphatic heterocycles. The molecule has 1 aliphatic carbocycles. The minimum absolute atomic E-state index is 0.434. The molecule has 0 fully saturated rings. The quantitative estimate of drug-likeness (QED) is 0.194. The number of rotatable bonds is 6. The third kappa shape index (κ3) is 5.03. The summed E-state index contributed by atoms with van der Waals surface area (Å²) in [6, 6.07) is 33.9. The lowest BCUT2D eigenvalue weighted by Crippen LogP contribution is -2.28. The fraction of sp³-hybridized carbons (Fsp3) is 0.138. The number of nitrogens with one attached hydrogen (secondary N) is 1. The van der Waals surface area contributed by atoms with E-state index in [9.17, 15) is 0 Å². The Morgan fingerprint density at radius 1 is 0.818 bits per heavy atom. The van der Waals surface area contributed by atoms with Gasteiger partial charge in [-0.05, 0) is 58.9 Å². The van der Waals surface area contributed by atoms with Gasteiger partial charge in [-0.15, -0.1) is 12.6 Å². The lowest BCUT2D eigenvalue weighted by Gasteiger charge is -2.12. The molecule has 5 rings (SSSR count). The van der Waals surface area contributed by atoms with Gasteiger partial charge in [-0.25, -0.2) is 4.99 Å². The summed E-state index contributed by atoms with van der Waals surface area (Å²) >= 11 is 4.49. The van der Waals surface area contributed by atoms with Crippen molar-refractivity contribution in [1.29, 1.82) is 0 Å². The van der Waals surface area contributed by atoms with Gasteiger partial charge in [0.05, 0.1) is 5.69 Å². The summed E-state index contributed by atoms with van der Waals surface area (Å²) in [5, 5.41) is 3.73. The Labute approximate surface area is 200 Å². The van der Waals surface area contributed by atoms with Crippen LogP contribution in [0.25, 0.3) is 11.1 Å². The van der Waals surface area contributed by atoms with Crippen LogP contribution in [0.1, 0.15) is 22.3 Å². The Bertz CT molecular complexity index is 1280. The van der Waals surface area contributed by atoms with Crippen molar-refractivity contribution in [3.05, 3.63) is 119 Å². The molecule has 0 bridgehead atoms. The minimum Gasteiger partial charge on any atom is -0.383 e. The zero-order valence-corrected chi connectivity index (χ0v) is 19.3. The SMILES string of the molecule is NC(=Nc1ccc2c(c1)CC(NCc1ccc(-c3ccccc3)cc1)C2)c1ccccc1S. The van der Waals surface area contributed by atoms with E-state index >= 15 is 0 Å². The normalized spacial score (nSPS) is 15.4. The first-order valence-corrected chi connectivity index (χ1v) is 11.7. The van der Waals surface area contributed by atoms with Crippen molar-refractivity contribution >= 4 is 24.2 Å². The number of fused-ring (bicyclic) bond motifs is 1.